The van der Waals surface area contributed by atoms with Gasteiger partial charge < -0.3 is 18.9 Å². The van der Waals surface area contributed by atoms with E-state index in [1.165, 1.54) is 0 Å². The van der Waals surface area contributed by atoms with Crippen molar-refractivity contribution >= 4 is 12.3 Å². The fourth-order valence-corrected chi connectivity index (χ4v) is 2.24. The van der Waals surface area contributed by atoms with Crippen molar-refractivity contribution in [1.29, 1.82) is 0 Å². The number of ether oxygens (including phenoxy) is 4. The van der Waals surface area contributed by atoms with Gasteiger partial charge in [0.25, 0.3) is 0 Å². The van der Waals surface area contributed by atoms with Gasteiger partial charge in [0.05, 0.1) is 13.2 Å². The van der Waals surface area contributed by atoms with E-state index in [1.807, 2.05) is 6.92 Å². The van der Waals surface area contributed by atoms with Crippen LogP contribution in [0, 0.1) is 31.6 Å². The lowest BCUT2D eigenvalue weighted by atomic mass is 10.1. The Kier molecular flexibility index (Phi) is 12.2. The zero-order valence-corrected chi connectivity index (χ0v) is 16.8. The third-order valence-electron chi connectivity index (χ3n) is 3.78. The smallest absolute Gasteiger partial charge is 0.434 e. The molecular formula is C22H27NO6. The maximum atomic E-state index is 11.7. The molecule has 1 rings (SSSR count). The number of aromatic nitrogens is 1. The number of hydrogen-bond donors (Lipinski definition) is 0. The predicted octanol–water partition coefficient (Wildman–Crippen LogP) is 4.30. The summed E-state index contributed by atoms with van der Waals surface area (Å²) in [5.41, 5.74) is 2.02. The number of nitrogens with zero attached hydrogens (tertiary/aromatic N) is 1. The van der Waals surface area contributed by atoms with Crippen LogP contribution in [0.3, 0.4) is 0 Å². The lowest BCUT2D eigenvalue weighted by molar-refractivity contribution is 0.0433. The molecule has 0 aliphatic carbocycles. The molecule has 29 heavy (non-hydrogen) atoms. The topological polar surface area (TPSA) is 84.0 Å². The first kappa shape index (κ1) is 23.8. The van der Waals surface area contributed by atoms with Gasteiger partial charge in [0.15, 0.2) is 0 Å². The van der Waals surface area contributed by atoms with Gasteiger partial charge >= 0.3 is 12.3 Å². The molecule has 156 valence electrons. The minimum atomic E-state index is -0.774. The zero-order chi connectivity index (χ0) is 21.3. The first-order chi connectivity index (χ1) is 14.1. The highest BCUT2D eigenvalue weighted by Crippen LogP contribution is 2.13. The van der Waals surface area contributed by atoms with Gasteiger partial charge in [-0.2, -0.15) is 0 Å². The maximum absolute atomic E-state index is 11.7. The second kappa shape index (κ2) is 14.8. The number of hydrogen-bond acceptors (Lipinski definition) is 7. The Morgan fingerprint density at radius 2 is 1.38 bits per heavy atom. The third-order valence-corrected chi connectivity index (χ3v) is 3.78. The van der Waals surface area contributed by atoms with E-state index in [2.05, 4.69) is 16.8 Å². The van der Waals surface area contributed by atoms with Crippen molar-refractivity contribution in [2.75, 3.05) is 13.2 Å². The molecule has 0 bridgehead atoms. The second-order valence-electron chi connectivity index (χ2n) is 6.19. The summed E-state index contributed by atoms with van der Waals surface area (Å²) >= 11 is 0. The summed E-state index contributed by atoms with van der Waals surface area (Å²) in [4.78, 5) is 27.5. The molecule has 0 fully saturated rings. The van der Waals surface area contributed by atoms with Gasteiger partial charge in [0.1, 0.15) is 13.2 Å². The molecular weight excluding hydrogens is 374 g/mol. The van der Waals surface area contributed by atoms with Crippen molar-refractivity contribution in [3.63, 3.8) is 0 Å². The van der Waals surface area contributed by atoms with Gasteiger partial charge in [0.2, 0.25) is 0 Å². The molecule has 0 unspecified atom stereocenters. The number of carbonyl (C=O) groups excluding carboxylic acids is 2. The van der Waals surface area contributed by atoms with Crippen LogP contribution < -0.4 is 0 Å². The molecule has 0 amide bonds. The first-order valence-electron chi connectivity index (χ1n) is 9.47. The minimum absolute atomic E-state index is 0.0214. The molecule has 0 radical (unpaired) electrons. The molecule has 7 heteroatoms. The molecule has 0 atom stereocenters. The van der Waals surface area contributed by atoms with Gasteiger partial charge in [-0.1, -0.05) is 0 Å². The SMILES string of the molecule is C#CCCCCOC(=O)OCc1cnc(C)cc1COC(=O)OCCCCC#C. The number of aryl methyl sites for hydroxylation is 1. The average Bonchev–Trinajstić information content (AvgIpc) is 2.71. The Bertz CT molecular complexity index is 732. The van der Waals surface area contributed by atoms with E-state index in [1.54, 1.807) is 12.3 Å². The molecule has 0 saturated carbocycles. The number of rotatable bonds is 12. The van der Waals surface area contributed by atoms with Crippen molar-refractivity contribution in [2.24, 2.45) is 0 Å². The summed E-state index contributed by atoms with van der Waals surface area (Å²) < 4.78 is 20.2. The monoisotopic (exact) mass is 401 g/mol. The van der Waals surface area contributed by atoms with E-state index in [4.69, 9.17) is 31.8 Å². The quantitative estimate of drug-likeness (QED) is 0.293. The van der Waals surface area contributed by atoms with E-state index in [-0.39, 0.29) is 26.4 Å². The number of unbranched alkanes of at least 4 members (excludes halogenated alkanes) is 4. The molecule has 1 aromatic heterocycles. The van der Waals surface area contributed by atoms with Crippen molar-refractivity contribution in [3.05, 3.63) is 29.1 Å². The standard InChI is InChI=1S/C22H27NO6/c1-4-6-8-10-12-26-21(24)28-16-19-14-18(3)23-15-20(19)17-29-22(25)27-13-11-9-7-5-2/h1-2,14-15H,6-13,16-17H2,3H3. The summed E-state index contributed by atoms with van der Waals surface area (Å²) in [5, 5.41) is 0. The Hall–Kier alpha value is -3.19. The highest BCUT2D eigenvalue weighted by atomic mass is 16.7. The number of pyridine rings is 1. The van der Waals surface area contributed by atoms with Crippen molar-refractivity contribution < 1.29 is 28.5 Å². The number of terminal acetylenes is 2. The van der Waals surface area contributed by atoms with Gasteiger partial charge in [-0.05, 0) is 44.2 Å². The van der Waals surface area contributed by atoms with Crippen LogP contribution in [0.2, 0.25) is 0 Å². The van der Waals surface area contributed by atoms with Gasteiger partial charge in [-0.3, -0.25) is 4.98 Å². The van der Waals surface area contributed by atoms with Crippen LogP contribution in [0.5, 0.6) is 0 Å². The zero-order valence-electron chi connectivity index (χ0n) is 16.8. The Balaban J connectivity index is 2.41. The fraction of sp³-hybridized carbons (Fsp3) is 0.500. The first-order valence-corrected chi connectivity index (χ1v) is 9.47. The molecule has 7 nitrogen and oxygen atoms in total. The molecule has 1 heterocycles. The van der Waals surface area contributed by atoms with E-state index >= 15 is 0 Å². The molecule has 0 spiro atoms. The Morgan fingerprint density at radius 1 is 0.862 bits per heavy atom. The van der Waals surface area contributed by atoms with Crippen LogP contribution in [0.25, 0.3) is 0 Å². The lowest BCUT2D eigenvalue weighted by Gasteiger charge is -2.12. The molecule has 0 aliphatic rings. The largest absolute Gasteiger partial charge is 0.508 e. The van der Waals surface area contributed by atoms with E-state index < -0.39 is 12.3 Å². The van der Waals surface area contributed by atoms with Crippen molar-refractivity contribution in [2.45, 2.75) is 58.7 Å². The summed E-state index contributed by atoms with van der Waals surface area (Å²) in [6.07, 6.45) is 14.6. The molecule has 1 aromatic rings. The Morgan fingerprint density at radius 3 is 1.90 bits per heavy atom. The predicted molar refractivity (Wildman–Crippen MR) is 107 cm³/mol. The maximum Gasteiger partial charge on any atom is 0.508 e. The highest BCUT2D eigenvalue weighted by Gasteiger charge is 2.12. The van der Waals surface area contributed by atoms with Gasteiger partial charge in [-0.25, -0.2) is 9.59 Å². The minimum Gasteiger partial charge on any atom is -0.434 e. The summed E-state index contributed by atoms with van der Waals surface area (Å²) in [5.74, 6) is 5.05. The summed E-state index contributed by atoms with van der Waals surface area (Å²) in [6, 6.07) is 1.75. The highest BCUT2D eigenvalue weighted by molar-refractivity contribution is 5.60. The molecule has 0 N–H and O–H groups in total. The fourth-order valence-electron chi connectivity index (χ4n) is 2.24. The average molecular weight is 401 g/mol. The van der Waals surface area contributed by atoms with Crippen LogP contribution in [-0.2, 0) is 32.2 Å². The Labute approximate surface area is 172 Å². The normalized spacial score (nSPS) is 9.76. The van der Waals surface area contributed by atoms with Crippen LogP contribution in [0.15, 0.2) is 12.3 Å². The molecule has 0 aliphatic heterocycles. The van der Waals surface area contributed by atoms with Crippen molar-refractivity contribution in [1.82, 2.24) is 4.98 Å². The van der Waals surface area contributed by atoms with E-state index in [0.717, 1.165) is 18.5 Å². The van der Waals surface area contributed by atoms with E-state index in [9.17, 15) is 9.59 Å². The summed E-state index contributed by atoms with van der Waals surface area (Å²) in [6.45, 7) is 2.24. The van der Waals surface area contributed by atoms with Crippen LogP contribution in [0.1, 0.15) is 55.3 Å². The van der Waals surface area contributed by atoms with Gasteiger partial charge in [-0.15, -0.1) is 24.7 Å². The lowest BCUT2D eigenvalue weighted by Crippen LogP contribution is -2.12. The van der Waals surface area contributed by atoms with Gasteiger partial charge in [0, 0.05) is 30.3 Å². The van der Waals surface area contributed by atoms with E-state index in [0.29, 0.717) is 36.8 Å². The second-order valence-corrected chi connectivity index (χ2v) is 6.19. The number of carbonyl (C=O) groups is 2. The third kappa shape index (κ3) is 11.3. The van der Waals surface area contributed by atoms with Crippen LogP contribution in [-0.4, -0.2) is 30.5 Å². The molecule has 0 aromatic carbocycles. The van der Waals surface area contributed by atoms with Crippen LogP contribution >= 0.6 is 0 Å². The van der Waals surface area contributed by atoms with Crippen molar-refractivity contribution in [3.8, 4) is 24.7 Å². The summed E-state index contributed by atoms with van der Waals surface area (Å²) in [7, 11) is 0. The van der Waals surface area contributed by atoms with Crippen LogP contribution in [0.4, 0.5) is 9.59 Å². The molecule has 0 saturated heterocycles.